The van der Waals surface area contributed by atoms with Gasteiger partial charge in [0.25, 0.3) is 0 Å². The number of ether oxygens (including phenoxy) is 1. The molecule has 23 heavy (non-hydrogen) atoms. The van der Waals surface area contributed by atoms with Crippen LogP contribution in [0.15, 0.2) is 43.0 Å². The van der Waals surface area contributed by atoms with E-state index in [2.05, 4.69) is 6.58 Å². The first-order valence-electron chi connectivity index (χ1n) is 7.59. The Morgan fingerprint density at radius 3 is 2.52 bits per heavy atom. The van der Waals surface area contributed by atoms with Gasteiger partial charge in [-0.15, -0.1) is 6.58 Å². The number of amides is 1. The zero-order chi connectivity index (χ0) is 17.5. The Bertz CT molecular complexity index is 501. The standard InChI is InChI=1S/C18H27NO4/c1-6-16(23-13-14-10-8-7-9-11-14)18(2,3)15(20)12-17(21)19(4)22-5/h6-11,15-16,20H,1,12-13H2,2-5H3/t15-,16-/m0/s1. The maximum Gasteiger partial charge on any atom is 0.248 e. The van der Waals surface area contributed by atoms with Gasteiger partial charge in [-0.3, -0.25) is 9.63 Å². The van der Waals surface area contributed by atoms with Crippen LogP contribution < -0.4 is 0 Å². The summed E-state index contributed by atoms with van der Waals surface area (Å²) in [5.41, 5.74) is 0.376. The summed E-state index contributed by atoms with van der Waals surface area (Å²) < 4.78 is 5.90. The maximum absolute atomic E-state index is 11.9. The van der Waals surface area contributed by atoms with Gasteiger partial charge >= 0.3 is 0 Å². The lowest BCUT2D eigenvalue weighted by Crippen LogP contribution is -2.43. The minimum absolute atomic E-state index is 0.0453. The van der Waals surface area contributed by atoms with Gasteiger partial charge in [0, 0.05) is 12.5 Å². The summed E-state index contributed by atoms with van der Waals surface area (Å²) in [6.45, 7) is 7.93. The summed E-state index contributed by atoms with van der Waals surface area (Å²) in [4.78, 5) is 16.7. The molecule has 0 saturated carbocycles. The fourth-order valence-electron chi connectivity index (χ4n) is 2.20. The van der Waals surface area contributed by atoms with Crippen LogP contribution in [0.1, 0.15) is 25.8 Å². The smallest absolute Gasteiger partial charge is 0.248 e. The van der Waals surface area contributed by atoms with E-state index in [0.29, 0.717) is 6.61 Å². The molecule has 5 heteroatoms. The van der Waals surface area contributed by atoms with Gasteiger partial charge in [0.15, 0.2) is 0 Å². The predicted octanol–water partition coefficient (Wildman–Crippen LogP) is 2.55. The summed E-state index contributed by atoms with van der Waals surface area (Å²) >= 11 is 0. The Kier molecular flexibility index (Phi) is 7.42. The molecule has 0 fully saturated rings. The van der Waals surface area contributed by atoms with Crippen LogP contribution in [0.25, 0.3) is 0 Å². The quantitative estimate of drug-likeness (QED) is 0.561. The predicted molar refractivity (Wildman–Crippen MR) is 89.4 cm³/mol. The lowest BCUT2D eigenvalue weighted by Gasteiger charge is -2.36. The van der Waals surface area contributed by atoms with E-state index in [1.54, 1.807) is 6.08 Å². The number of aliphatic hydroxyl groups excluding tert-OH is 1. The largest absolute Gasteiger partial charge is 0.392 e. The molecule has 0 unspecified atom stereocenters. The summed E-state index contributed by atoms with van der Waals surface area (Å²) in [7, 11) is 2.92. The first-order chi connectivity index (χ1) is 10.8. The molecule has 1 aromatic carbocycles. The third kappa shape index (κ3) is 5.46. The molecule has 0 bridgehead atoms. The number of benzene rings is 1. The second-order valence-corrected chi connectivity index (χ2v) is 6.07. The van der Waals surface area contributed by atoms with Crippen LogP contribution in [-0.2, 0) is 21.0 Å². The lowest BCUT2D eigenvalue weighted by molar-refractivity contribution is -0.173. The van der Waals surface area contributed by atoms with Crippen LogP contribution >= 0.6 is 0 Å². The van der Waals surface area contributed by atoms with Crippen molar-refractivity contribution >= 4 is 5.91 Å². The highest BCUT2D eigenvalue weighted by atomic mass is 16.7. The van der Waals surface area contributed by atoms with Gasteiger partial charge in [0.05, 0.1) is 32.3 Å². The molecule has 0 aliphatic rings. The molecule has 0 aromatic heterocycles. The first-order valence-corrected chi connectivity index (χ1v) is 7.59. The van der Waals surface area contributed by atoms with Crippen LogP contribution in [0.5, 0.6) is 0 Å². The van der Waals surface area contributed by atoms with Gasteiger partial charge < -0.3 is 9.84 Å². The van der Waals surface area contributed by atoms with Crippen molar-refractivity contribution in [3.63, 3.8) is 0 Å². The van der Waals surface area contributed by atoms with Gasteiger partial charge in [0.2, 0.25) is 5.91 Å². The second kappa shape index (κ2) is 8.82. The average molecular weight is 321 g/mol. The Morgan fingerprint density at radius 1 is 1.39 bits per heavy atom. The van der Waals surface area contributed by atoms with Gasteiger partial charge in [-0.2, -0.15) is 0 Å². The van der Waals surface area contributed by atoms with Gasteiger partial charge in [0.1, 0.15) is 0 Å². The lowest BCUT2D eigenvalue weighted by atomic mass is 9.79. The number of aliphatic hydroxyl groups is 1. The summed E-state index contributed by atoms with van der Waals surface area (Å²) in [5, 5.41) is 11.6. The molecule has 0 saturated heterocycles. The van der Waals surface area contributed by atoms with E-state index in [-0.39, 0.29) is 12.3 Å². The molecule has 0 spiro atoms. The van der Waals surface area contributed by atoms with E-state index in [1.165, 1.54) is 14.2 Å². The molecule has 1 amide bonds. The molecular weight excluding hydrogens is 294 g/mol. The van der Waals surface area contributed by atoms with Crippen molar-refractivity contribution in [2.24, 2.45) is 5.41 Å². The van der Waals surface area contributed by atoms with Crippen molar-refractivity contribution in [1.82, 2.24) is 5.06 Å². The number of nitrogens with zero attached hydrogens (tertiary/aromatic N) is 1. The Labute approximate surface area is 138 Å². The molecular formula is C18H27NO4. The molecule has 128 valence electrons. The Balaban J connectivity index is 2.69. The fraction of sp³-hybridized carbons (Fsp3) is 0.500. The van der Waals surface area contributed by atoms with Crippen LogP contribution in [0.4, 0.5) is 0 Å². The van der Waals surface area contributed by atoms with Crippen LogP contribution in [0, 0.1) is 5.41 Å². The molecule has 1 rings (SSSR count). The van der Waals surface area contributed by atoms with E-state index in [4.69, 9.17) is 9.57 Å². The van der Waals surface area contributed by atoms with Crippen molar-refractivity contribution < 1.29 is 19.5 Å². The summed E-state index contributed by atoms with van der Waals surface area (Å²) in [6, 6.07) is 9.78. The minimum Gasteiger partial charge on any atom is -0.392 e. The molecule has 0 radical (unpaired) electrons. The van der Waals surface area contributed by atoms with E-state index >= 15 is 0 Å². The first kappa shape index (κ1) is 19.4. The van der Waals surface area contributed by atoms with Crippen molar-refractivity contribution in [2.75, 3.05) is 14.2 Å². The van der Waals surface area contributed by atoms with Crippen molar-refractivity contribution in [1.29, 1.82) is 0 Å². The molecule has 5 nitrogen and oxygen atoms in total. The van der Waals surface area contributed by atoms with Crippen LogP contribution in [-0.4, -0.2) is 42.4 Å². The number of hydroxylamine groups is 2. The number of carbonyl (C=O) groups excluding carboxylic acids is 1. The third-order valence-corrected chi connectivity index (χ3v) is 4.07. The highest BCUT2D eigenvalue weighted by Crippen LogP contribution is 2.31. The summed E-state index contributed by atoms with van der Waals surface area (Å²) in [6.07, 6.45) is 0.345. The monoisotopic (exact) mass is 321 g/mol. The van der Waals surface area contributed by atoms with E-state index < -0.39 is 17.6 Å². The van der Waals surface area contributed by atoms with E-state index in [1.807, 2.05) is 44.2 Å². The zero-order valence-corrected chi connectivity index (χ0v) is 14.4. The molecule has 1 N–H and O–H groups in total. The molecule has 0 aliphatic heterocycles. The Hall–Kier alpha value is -1.69. The van der Waals surface area contributed by atoms with Gasteiger partial charge in [-0.1, -0.05) is 50.3 Å². The van der Waals surface area contributed by atoms with Gasteiger partial charge in [-0.25, -0.2) is 5.06 Å². The number of rotatable bonds is 9. The number of hydrogen-bond acceptors (Lipinski definition) is 4. The number of carbonyl (C=O) groups is 1. The zero-order valence-electron chi connectivity index (χ0n) is 14.4. The summed E-state index contributed by atoms with van der Waals surface area (Å²) in [5.74, 6) is -0.293. The normalized spacial score (nSPS) is 14.1. The van der Waals surface area contributed by atoms with Gasteiger partial charge in [-0.05, 0) is 5.56 Å². The number of hydrogen-bond donors (Lipinski definition) is 1. The average Bonchev–Trinajstić information content (AvgIpc) is 2.55. The van der Waals surface area contributed by atoms with E-state index in [0.717, 1.165) is 10.6 Å². The van der Waals surface area contributed by atoms with Crippen molar-refractivity contribution in [3.8, 4) is 0 Å². The highest BCUT2D eigenvalue weighted by molar-refractivity contribution is 5.75. The third-order valence-electron chi connectivity index (χ3n) is 4.07. The molecule has 1 aromatic rings. The van der Waals surface area contributed by atoms with Crippen LogP contribution in [0.3, 0.4) is 0 Å². The van der Waals surface area contributed by atoms with Crippen molar-refractivity contribution in [2.45, 2.75) is 39.1 Å². The topological polar surface area (TPSA) is 59.0 Å². The van der Waals surface area contributed by atoms with Crippen molar-refractivity contribution in [3.05, 3.63) is 48.6 Å². The van der Waals surface area contributed by atoms with E-state index in [9.17, 15) is 9.90 Å². The van der Waals surface area contributed by atoms with Crippen LogP contribution in [0.2, 0.25) is 0 Å². The fourth-order valence-corrected chi connectivity index (χ4v) is 2.20. The maximum atomic E-state index is 11.9. The molecule has 0 heterocycles. The highest BCUT2D eigenvalue weighted by Gasteiger charge is 2.37. The Morgan fingerprint density at radius 2 is 2.00 bits per heavy atom. The minimum atomic E-state index is -0.883. The second-order valence-electron chi connectivity index (χ2n) is 6.07. The molecule has 0 aliphatic carbocycles. The molecule has 2 atom stereocenters. The SMILES string of the molecule is C=C[C@H](OCc1ccccc1)C(C)(C)[C@@H](O)CC(=O)N(C)OC.